The van der Waals surface area contributed by atoms with E-state index in [-0.39, 0.29) is 22.2 Å². The lowest BCUT2D eigenvalue weighted by Gasteiger charge is -2.07. The number of amides is 1. The number of hydrogen-bond acceptors (Lipinski definition) is 4. The third kappa shape index (κ3) is 3.71. The highest BCUT2D eigenvalue weighted by Crippen LogP contribution is 2.32. The summed E-state index contributed by atoms with van der Waals surface area (Å²) in [6, 6.07) is 12.6. The quantitative estimate of drug-likeness (QED) is 0.847. The highest BCUT2D eigenvalue weighted by Gasteiger charge is 2.30. The van der Waals surface area contributed by atoms with Gasteiger partial charge < -0.3 is 5.32 Å². The van der Waals surface area contributed by atoms with Gasteiger partial charge in [0.2, 0.25) is 0 Å². The van der Waals surface area contributed by atoms with E-state index in [2.05, 4.69) is 5.32 Å². The molecule has 1 N–H and O–H groups in total. The lowest BCUT2D eigenvalue weighted by Crippen LogP contribution is -2.13. The van der Waals surface area contributed by atoms with Crippen molar-refractivity contribution in [1.29, 1.82) is 0 Å². The molecule has 0 atom stereocenters. The summed E-state index contributed by atoms with van der Waals surface area (Å²) in [5.74, 6) is -0.0975. The zero-order chi connectivity index (χ0) is 17.3. The van der Waals surface area contributed by atoms with E-state index >= 15 is 0 Å². The standard InChI is InChI=1S/C18H17NO4S/c1-24(22,23)16-4-2-3-14(11-16)18(21)19-15-9-7-13(8-10-15)17(20)12-5-6-12/h2-4,7-12H,5-6H2,1H3,(H,19,21). The minimum atomic E-state index is -3.37. The SMILES string of the molecule is CS(=O)(=O)c1cccc(C(=O)Nc2ccc(C(=O)C3CC3)cc2)c1. The summed E-state index contributed by atoms with van der Waals surface area (Å²) in [5.41, 5.74) is 1.46. The molecule has 2 aromatic rings. The van der Waals surface area contributed by atoms with E-state index in [4.69, 9.17) is 0 Å². The minimum Gasteiger partial charge on any atom is -0.322 e. The Morgan fingerprint density at radius 1 is 1.00 bits per heavy atom. The number of sulfone groups is 1. The van der Waals surface area contributed by atoms with E-state index in [0.29, 0.717) is 11.3 Å². The maximum absolute atomic E-state index is 12.3. The Morgan fingerprint density at radius 3 is 2.25 bits per heavy atom. The van der Waals surface area contributed by atoms with Gasteiger partial charge in [-0.2, -0.15) is 0 Å². The monoisotopic (exact) mass is 343 g/mol. The van der Waals surface area contributed by atoms with E-state index < -0.39 is 15.7 Å². The first-order valence-electron chi connectivity index (χ1n) is 7.60. The van der Waals surface area contributed by atoms with Crippen LogP contribution in [0.25, 0.3) is 0 Å². The van der Waals surface area contributed by atoms with Crippen molar-refractivity contribution in [3.05, 3.63) is 59.7 Å². The second kappa shape index (κ2) is 6.20. The molecule has 1 aliphatic rings. The van der Waals surface area contributed by atoms with Crippen molar-refractivity contribution in [3.63, 3.8) is 0 Å². The zero-order valence-electron chi connectivity index (χ0n) is 13.2. The fraction of sp³-hybridized carbons (Fsp3) is 0.222. The van der Waals surface area contributed by atoms with Gasteiger partial charge >= 0.3 is 0 Å². The summed E-state index contributed by atoms with van der Waals surface area (Å²) in [5, 5.41) is 2.70. The van der Waals surface area contributed by atoms with Crippen LogP contribution in [0.15, 0.2) is 53.4 Å². The summed E-state index contributed by atoms with van der Waals surface area (Å²) < 4.78 is 23.1. The fourth-order valence-electron chi connectivity index (χ4n) is 2.37. The van der Waals surface area contributed by atoms with Crippen LogP contribution in [-0.2, 0) is 9.84 Å². The van der Waals surface area contributed by atoms with Gasteiger partial charge in [-0.25, -0.2) is 8.42 Å². The topological polar surface area (TPSA) is 80.3 Å². The molecule has 3 rings (SSSR count). The van der Waals surface area contributed by atoms with Crippen LogP contribution in [0.3, 0.4) is 0 Å². The second-order valence-electron chi connectivity index (χ2n) is 5.97. The molecule has 0 heterocycles. The fourth-order valence-corrected chi connectivity index (χ4v) is 3.04. The Kier molecular flexibility index (Phi) is 4.24. The second-order valence-corrected chi connectivity index (χ2v) is 7.99. The molecule has 5 nitrogen and oxygen atoms in total. The molecule has 0 unspecified atom stereocenters. The predicted octanol–water partition coefficient (Wildman–Crippen LogP) is 2.94. The van der Waals surface area contributed by atoms with Crippen molar-refractivity contribution >= 4 is 27.2 Å². The van der Waals surface area contributed by atoms with Gasteiger partial charge in [0.25, 0.3) is 5.91 Å². The number of Topliss-reactive ketones (excluding diaryl/α,β-unsaturated/α-hetero) is 1. The van der Waals surface area contributed by atoms with E-state index in [0.717, 1.165) is 19.1 Å². The molecule has 0 radical (unpaired) electrons. The van der Waals surface area contributed by atoms with Crippen molar-refractivity contribution < 1.29 is 18.0 Å². The van der Waals surface area contributed by atoms with Crippen LogP contribution in [0.2, 0.25) is 0 Å². The largest absolute Gasteiger partial charge is 0.322 e. The predicted molar refractivity (Wildman–Crippen MR) is 91.0 cm³/mol. The molecule has 0 aliphatic heterocycles. The molecule has 2 aromatic carbocycles. The summed E-state index contributed by atoms with van der Waals surface area (Å²) in [6.45, 7) is 0. The Balaban J connectivity index is 1.74. The molecule has 1 saturated carbocycles. The highest BCUT2D eigenvalue weighted by molar-refractivity contribution is 7.90. The van der Waals surface area contributed by atoms with Gasteiger partial charge in [-0.1, -0.05) is 6.07 Å². The van der Waals surface area contributed by atoms with E-state index in [9.17, 15) is 18.0 Å². The Bertz CT molecular complexity index is 897. The molecule has 1 amide bonds. The van der Waals surface area contributed by atoms with Crippen molar-refractivity contribution in [2.75, 3.05) is 11.6 Å². The first-order chi connectivity index (χ1) is 11.3. The third-order valence-corrected chi connectivity index (χ3v) is 5.01. The van der Waals surface area contributed by atoms with Crippen LogP contribution in [0.4, 0.5) is 5.69 Å². The number of anilines is 1. The van der Waals surface area contributed by atoms with E-state index in [1.54, 1.807) is 30.3 Å². The molecule has 124 valence electrons. The lowest BCUT2D eigenvalue weighted by atomic mass is 10.1. The lowest BCUT2D eigenvalue weighted by molar-refractivity contribution is 0.0967. The number of hydrogen-bond donors (Lipinski definition) is 1. The number of carbonyl (C=O) groups excluding carboxylic acids is 2. The summed E-state index contributed by atoms with van der Waals surface area (Å²) in [4.78, 5) is 24.3. The van der Waals surface area contributed by atoms with Gasteiger partial charge in [-0.3, -0.25) is 9.59 Å². The van der Waals surface area contributed by atoms with Crippen LogP contribution in [0.5, 0.6) is 0 Å². The van der Waals surface area contributed by atoms with Gasteiger partial charge in [0.15, 0.2) is 15.6 Å². The van der Waals surface area contributed by atoms with Crippen LogP contribution in [0, 0.1) is 5.92 Å². The van der Waals surface area contributed by atoms with Crippen LogP contribution < -0.4 is 5.32 Å². The summed E-state index contributed by atoms with van der Waals surface area (Å²) in [7, 11) is -3.37. The van der Waals surface area contributed by atoms with Gasteiger partial charge in [-0.15, -0.1) is 0 Å². The molecular weight excluding hydrogens is 326 g/mol. The highest BCUT2D eigenvalue weighted by atomic mass is 32.2. The van der Waals surface area contributed by atoms with E-state index in [1.807, 2.05) is 0 Å². The first-order valence-corrected chi connectivity index (χ1v) is 9.49. The number of nitrogens with one attached hydrogen (secondary N) is 1. The molecule has 0 spiro atoms. The average molecular weight is 343 g/mol. The maximum atomic E-state index is 12.3. The van der Waals surface area contributed by atoms with Crippen molar-refractivity contribution in [2.45, 2.75) is 17.7 Å². The zero-order valence-corrected chi connectivity index (χ0v) is 14.0. The normalized spacial score (nSPS) is 14.2. The maximum Gasteiger partial charge on any atom is 0.255 e. The summed E-state index contributed by atoms with van der Waals surface area (Å²) >= 11 is 0. The molecule has 1 aliphatic carbocycles. The Hall–Kier alpha value is -2.47. The summed E-state index contributed by atoms with van der Waals surface area (Å²) in [6.07, 6.45) is 3.00. The smallest absolute Gasteiger partial charge is 0.255 e. The van der Waals surface area contributed by atoms with Crippen molar-refractivity contribution in [1.82, 2.24) is 0 Å². The average Bonchev–Trinajstić information content (AvgIpc) is 3.39. The van der Waals surface area contributed by atoms with Crippen molar-refractivity contribution in [3.8, 4) is 0 Å². The van der Waals surface area contributed by atoms with Crippen LogP contribution in [-0.4, -0.2) is 26.4 Å². The van der Waals surface area contributed by atoms with Crippen LogP contribution >= 0.6 is 0 Å². The van der Waals surface area contributed by atoms with Gasteiger partial charge in [0.05, 0.1) is 4.90 Å². The molecular formula is C18H17NO4S. The molecule has 1 fully saturated rings. The first kappa shape index (κ1) is 16.4. The Morgan fingerprint density at radius 2 is 1.67 bits per heavy atom. The number of ketones is 1. The third-order valence-electron chi connectivity index (χ3n) is 3.90. The number of benzene rings is 2. The van der Waals surface area contributed by atoms with Gasteiger partial charge in [0, 0.05) is 29.0 Å². The molecule has 0 bridgehead atoms. The number of carbonyl (C=O) groups is 2. The van der Waals surface area contributed by atoms with E-state index in [1.165, 1.54) is 18.2 Å². The molecule has 0 aromatic heterocycles. The van der Waals surface area contributed by atoms with Gasteiger partial charge in [0.1, 0.15) is 0 Å². The molecule has 24 heavy (non-hydrogen) atoms. The van der Waals surface area contributed by atoms with Crippen LogP contribution in [0.1, 0.15) is 33.6 Å². The van der Waals surface area contributed by atoms with Gasteiger partial charge in [-0.05, 0) is 55.3 Å². The molecule has 0 saturated heterocycles. The Labute approximate surface area is 140 Å². The minimum absolute atomic E-state index is 0.0977. The van der Waals surface area contributed by atoms with Crippen molar-refractivity contribution in [2.24, 2.45) is 5.92 Å². The number of rotatable bonds is 5. The molecule has 6 heteroatoms.